The molecule has 3 heterocycles. The van der Waals surface area contributed by atoms with Crippen LogP contribution in [0.3, 0.4) is 0 Å². The van der Waals surface area contributed by atoms with Crippen LogP contribution in [0.2, 0.25) is 10.0 Å². The Labute approximate surface area is 225 Å². The highest BCUT2D eigenvalue weighted by Crippen LogP contribution is 2.38. The molecule has 0 radical (unpaired) electrons. The second-order valence-electron chi connectivity index (χ2n) is 9.50. The summed E-state index contributed by atoms with van der Waals surface area (Å²) < 4.78 is 7.37. The maximum Gasteiger partial charge on any atom is 0.259 e. The van der Waals surface area contributed by atoms with Crippen LogP contribution in [0.4, 0.5) is 5.82 Å². The number of nitrogens with zero attached hydrogens (tertiary/aromatic N) is 4. The molecule has 1 saturated heterocycles. The van der Waals surface area contributed by atoms with Gasteiger partial charge in [-0.2, -0.15) is 0 Å². The molecule has 2 aliphatic rings. The first kappa shape index (κ1) is 24.2. The molecule has 9 heteroatoms. The van der Waals surface area contributed by atoms with E-state index < -0.39 is 0 Å². The van der Waals surface area contributed by atoms with Crippen molar-refractivity contribution in [1.29, 1.82) is 0 Å². The summed E-state index contributed by atoms with van der Waals surface area (Å²) >= 11 is 12.9. The van der Waals surface area contributed by atoms with Gasteiger partial charge in [0.25, 0.3) is 5.91 Å². The van der Waals surface area contributed by atoms with Crippen molar-refractivity contribution in [1.82, 2.24) is 19.9 Å². The number of rotatable bonds is 5. The van der Waals surface area contributed by atoms with Crippen LogP contribution >= 0.6 is 23.2 Å². The van der Waals surface area contributed by atoms with Gasteiger partial charge in [-0.3, -0.25) is 4.79 Å². The van der Waals surface area contributed by atoms with Crippen molar-refractivity contribution in [2.75, 3.05) is 31.2 Å². The molecule has 2 aromatic heterocycles. The third-order valence-corrected chi connectivity index (χ3v) is 7.72. The number of hydrogen-bond donors (Lipinski definition) is 1. The van der Waals surface area contributed by atoms with Gasteiger partial charge in [-0.15, -0.1) is 5.10 Å². The third-order valence-electron chi connectivity index (χ3n) is 7.14. The fourth-order valence-electron chi connectivity index (χ4n) is 5.26. The average molecular weight is 536 g/mol. The average Bonchev–Trinajstić information content (AvgIpc) is 3.57. The number of morpholine rings is 1. The summed E-state index contributed by atoms with van der Waals surface area (Å²) in [4.78, 5) is 20.7. The zero-order valence-electron chi connectivity index (χ0n) is 20.3. The van der Waals surface area contributed by atoms with Gasteiger partial charge in [0.1, 0.15) is 5.56 Å². The van der Waals surface area contributed by atoms with Crippen LogP contribution in [0, 0.1) is 0 Å². The summed E-state index contributed by atoms with van der Waals surface area (Å²) in [7, 11) is 0. The number of benzene rings is 2. The summed E-state index contributed by atoms with van der Waals surface area (Å²) in [6, 6.07) is 15.4. The topological polar surface area (TPSA) is 71.8 Å². The molecule has 1 amide bonds. The van der Waals surface area contributed by atoms with Crippen LogP contribution in [-0.4, -0.2) is 52.9 Å². The zero-order chi connectivity index (χ0) is 25.4. The SMILES string of the molecule is O=C(NC1CCCC1)c1c(N2CCOCC2)nn2c(-c3ccc(Cl)cc3)c(-c3ccccc3Cl)cnc12. The van der Waals surface area contributed by atoms with Crippen molar-refractivity contribution in [3.63, 3.8) is 0 Å². The van der Waals surface area contributed by atoms with E-state index >= 15 is 0 Å². The van der Waals surface area contributed by atoms with Gasteiger partial charge in [-0.05, 0) is 31.0 Å². The quantitative estimate of drug-likeness (QED) is 0.345. The maximum atomic E-state index is 13.7. The van der Waals surface area contributed by atoms with E-state index in [4.69, 9.17) is 38.0 Å². The lowest BCUT2D eigenvalue weighted by Crippen LogP contribution is -2.39. The molecule has 0 spiro atoms. The molecule has 0 atom stereocenters. The molecule has 6 rings (SSSR count). The summed E-state index contributed by atoms with van der Waals surface area (Å²) in [5, 5.41) is 9.53. The number of nitrogens with one attached hydrogen (secondary N) is 1. The van der Waals surface area contributed by atoms with Gasteiger partial charge in [0.05, 0.1) is 18.9 Å². The second kappa shape index (κ2) is 10.3. The molecule has 1 aliphatic carbocycles. The first-order chi connectivity index (χ1) is 18.1. The highest BCUT2D eigenvalue weighted by Gasteiger charge is 2.30. The van der Waals surface area contributed by atoms with Crippen molar-refractivity contribution in [2.45, 2.75) is 31.7 Å². The van der Waals surface area contributed by atoms with E-state index in [1.165, 1.54) is 0 Å². The Morgan fingerprint density at radius 3 is 2.43 bits per heavy atom. The number of ether oxygens (including phenoxy) is 1. The van der Waals surface area contributed by atoms with E-state index in [2.05, 4.69) is 10.2 Å². The third kappa shape index (κ3) is 4.67. The van der Waals surface area contributed by atoms with Gasteiger partial charge in [-0.1, -0.05) is 66.4 Å². The van der Waals surface area contributed by atoms with Crippen LogP contribution in [0.1, 0.15) is 36.0 Å². The Kier molecular flexibility index (Phi) is 6.76. The van der Waals surface area contributed by atoms with Crippen LogP contribution in [0.5, 0.6) is 0 Å². The molecule has 4 aromatic rings. The monoisotopic (exact) mass is 535 g/mol. The van der Waals surface area contributed by atoms with E-state index in [0.29, 0.717) is 53.4 Å². The van der Waals surface area contributed by atoms with E-state index in [0.717, 1.165) is 48.1 Å². The highest BCUT2D eigenvalue weighted by molar-refractivity contribution is 6.33. The van der Waals surface area contributed by atoms with Crippen molar-refractivity contribution in [2.24, 2.45) is 0 Å². The molecule has 190 valence electrons. The van der Waals surface area contributed by atoms with E-state index in [1.807, 2.05) is 48.5 Å². The molecule has 7 nitrogen and oxygen atoms in total. The molecule has 0 bridgehead atoms. The van der Waals surface area contributed by atoms with Gasteiger partial charge in [-0.25, -0.2) is 9.50 Å². The first-order valence-corrected chi connectivity index (χ1v) is 13.4. The molecule has 1 N–H and O–H groups in total. The van der Waals surface area contributed by atoms with Gasteiger partial charge >= 0.3 is 0 Å². The number of halogens is 2. The molecular weight excluding hydrogens is 509 g/mol. The van der Waals surface area contributed by atoms with Gasteiger partial charge in [0.15, 0.2) is 11.5 Å². The smallest absolute Gasteiger partial charge is 0.259 e. The fourth-order valence-corrected chi connectivity index (χ4v) is 5.63. The molecule has 2 fully saturated rings. The minimum atomic E-state index is -0.136. The fraction of sp³-hybridized carbons (Fsp3) is 0.321. The normalized spacial score (nSPS) is 16.4. The lowest BCUT2D eigenvalue weighted by molar-refractivity contribution is 0.0938. The summed E-state index contributed by atoms with van der Waals surface area (Å²) in [5.74, 6) is 0.487. The van der Waals surface area contributed by atoms with E-state index in [-0.39, 0.29) is 11.9 Å². The number of hydrogen-bond acceptors (Lipinski definition) is 5. The number of carbonyl (C=O) groups is 1. The molecule has 37 heavy (non-hydrogen) atoms. The predicted molar refractivity (Wildman–Crippen MR) is 147 cm³/mol. The minimum absolute atomic E-state index is 0.136. The Balaban J connectivity index is 1.59. The molecule has 1 saturated carbocycles. The standard InChI is InChI=1S/C28H27Cl2N5O2/c29-19-11-9-18(10-12-19)25-22(21-7-3-4-8-23(21)30)17-31-26-24(28(36)32-20-5-1-2-6-20)27(33-35(25)26)34-13-15-37-16-14-34/h3-4,7-12,17,20H,1-2,5-6,13-16H2,(H,32,36). The largest absolute Gasteiger partial charge is 0.378 e. The first-order valence-electron chi connectivity index (χ1n) is 12.7. The summed E-state index contributed by atoms with van der Waals surface area (Å²) in [6.45, 7) is 2.47. The highest BCUT2D eigenvalue weighted by atomic mass is 35.5. The van der Waals surface area contributed by atoms with Crippen LogP contribution in [0.25, 0.3) is 28.0 Å². The Bertz CT molecular complexity index is 1440. The summed E-state index contributed by atoms with van der Waals surface area (Å²) in [6.07, 6.45) is 6.06. The predicted octanol–water partition coefficient (Wildman–Crippen LogP) is 5.88. The molecular formula is C28H27Cl2N5O2. The van der Waals surface area contributed by atoms with Crippen molar-refractivity contribution < 1.29 is 9.53 Å². The van der Waals surface area contributed by atoms with Gasteiger partial charge in [0.2, 0.25) is 0 Å². The molecule has 1 aliphatic heterocycles. The lowest BCUT2D eigenvalue weighted by Gasteiger charge is -2.27. The Hall–Kier alpha value is -3.13. The van der Waals surface area contributed by atoms with Gasteiger partial charge in [0, 0.05) is 52.1 Å². The van der Waals surface area contributed by atoms with Crippen molar-refractivity contribution >= 4 is 40.6 Å². The van der Waals surface area contributed by atoms with Crippen molar-refractivity contribution in [3.05, 3.63) is 70.3 Å². The van der Waals surface area contributed by atoms with E-state index in [1.54, 1.807) is 10.7 Å². The van der Waals surface area contributed by atoms with Crippen LogP contribution < -0.4 is 10.2 Å². The molecule has 2 aromatic carbocycles. The number of anilines is 1. The Morgan fingerprint density at radius 1 is 0.973 bits per heavy atom. The van der Waals surface area contributed by atoms with Crippen LogP contribution in [-0.2, 0) is 4.74 Å². The maximum absolute atomic E-state index is 13.7. The van der Waals surface area contributed by atoms with E-state index in [9.17, 15) is 4.79 Å². The zero-order valence-corrected chi connectivity index (χ0v) is 21.8. The number of aromatic nitrogens is 3. The number of carbonyl (C=O) groups excluding carboxylic acids is 1. The van der Waals surface area contributed by atoms with Crippen molar-refractivity contribution in [3.8, 4) is 22.4 Å². The number of amides is 1. The van der Waals surface area contributed by atoms with Gasteiger partial charge < -0.3 is 15.0 Å². The molecule has 0 unspecified atom stereocenters. The Morgan fingerprint density at radius 2 is 1.70 bits per heavy atom. The second-order valence-corrected chi connectivity index (χ2v) is 10.3. The lowest BCUT2D eigenvalue weighted by atomic mass is 10.0. The minimum Gasteiger partial charge on any atom is -0.378 e. The van der Waals surface area contributed by atoms with Crippen LogP contribution in [0.15, 0.2) is 54.7 Å². The number of fused-ring (bicyclic) bond motifs is 1. The summed E-state index contributed by atoms with van der Waals surface area (Å²) in [5.41, 5.74) is 4.35.